The van der Waals surface area contributed by atoms with Crippen molar-refractivity contribution in [1.82, 2.24) is 15.5 Å². The zero-order valence-electron chi connectivity index (χ0n) is 10.3. The number of carbonyl (C=O) groups excluding carboxylic acids is 2. The molecule has 1 heterocycles. The third-order valence-electron chi connectivity index (χ3n) is 2.67. The van der Waals surface area contributed by atoms with E-state index in [1.54, 1.807) is 11.8 Å². The largest absolute Gasteiger partial charge is 0.480 e. The van der Waals surface area contributed by atoms with Gasteiger partial charge in [0.15, 0.2) is 0 Å². The molecule has 0 radical (unpaired) electrons. The van der Waals surface area contributed by atoms with Gasteiger partial charge in [0.05, 0.1) is 0 Å². The summed E-state index contributed by atoms with van der Waals surface area (Å²) >= 11 is 1.59. The van der Waals surface area contributed by atoms with Crippen LogP contribution in [0, 0.1) is 0 Å². The number of hydrogen-bond donors (Lipinski definition) is 3. The van der Waals surface area contributed by atoms with Gasteiger partial charge in [-0.2, -0.15) is 11.8 Å². The van der Waals surface area contributed by atoms with E-state index in [0.29, 0.717) is 6.54 Å². The van der Waals surface area contributed by atoms with Crippen molar-refractivity contribution in [2.24, 2.45) is 0 Å². The van der Waals surface area contributed by atoms with Gasteiger partial charge in [-0.05, 0) is 6.26 Å². The van der Waals surface area contributed by atoms with E-state index in [4.69, 9.17) is 5.11 Å². The maximum Gasteiger partial charge on any atom is 0.328 e. The van der Waals surface area contributed by atoms with Gasteiger partial charge in [0.1, 0.15) is 12.6 Å². The summed E-state index contributed by atoms with van der Waals surface area (Å²) in [6, 6.07) is -1.52. The highest BCUT2D eigenvalue weighted by Gasteiger charge is 2.35. The van der Waals surface area contributed by atoms with E-state index in [1.807, 2.05) is 13.2 Å². The van der Waals surface area contributed by atoms with Crippen LogP contribution >= 0.6 is 11.8 Å². The Balaban J connectivity index is 2.61. The summed E-state index contributed by atoms with van der Waals surface area (Å²) in [5.74, 6) is -1.47. The molecule has 0 aliphatic carbocycles. The number of amides is 3. The van der Waals surface area contributed by atoms with Gasteiger partial charge < -0.3 is 15.7 Å². The van der Waals surface area contributed by atoms with E-state index >= 15 is 0 Å². The molecule has 2 unspecified atom stereocenters. The summed E-state index contributed by atoms with van der Waals surface area (Å²) in [6.45, 7) is 2.10. The van der Waals surface area contributed by atoms with E-state index in [1.165, 1.54) is 0 Å². The van der Waals surface area contributed by atoms with Crippen molar-refractivity contribution in [2.75, 3.05) is 25.9 Å². The van der Waals surface area contributed by atoms with Crippen molar-refractivity contribution < 1.29 is 19.5 Å². The van der Waals surface area contributed by atoms with E-state index < -0.39 is 18.0 Å². The van der Waals surface area contributed by atoms with Crippen LogP contribution in [0.5, 0.6) is 0 Å². The van der Waals surface area contributed by atoms with Gasteiger partial charge in [-0.25, -0.2) is 9.59 Å². The lowest BCUT2D eigenvalue weighted by molar-refractivity contribution is -0.144. The standard InChI is InChI=1S/C10H17N3O4S/c1-6(18-2)3-12-10(17)13-5-8(14)11-4-7(13)9(15)16/h6-7H,3-5H2,1-2H3,(H,11,14)(H,12,17)(H,15,16). The summed E-state index contributed by atoms with van der Waals surface area (Å²) in [4.78, 5) is 35.1. The smallest absolute Gasteiger partial charge is 0.328 e. The minimum absolute atomic E-state index is 0.0559. The molecule has 102 valence electrons. The normalized spacial score (nSPS) is 21.1. The van der Waals surface area contributed by atoms with Gasteiger partial charge >= 0.3 is 12.0 Å². The van der Waals surface area contributed by atoms with Gasteiger partial charge in [-0.15, -0.1) is 0 Å². The molecule has 1 aliphatic rings. The van der Waals surface area contributed by atoms with Crippen LogP contribution < -0.4 is 10.6 Å². The highest BCUT2D eigenvalue weighted by Crippen LogP contribution is 2.06. The van der Waals surface area contributed by atoms with Crippen LogP contribution in [0.2, 0.25) is 0 Å². The third kappa shape index (κ3) is 3.80. The molecule has 1 fully saturated rings. The molecule has 0 bridgehead atoms. The fourth-order valence-corrected chi connectivity index (χ4v) is 1.74. The molecule has 0 aromatic carbocycles. The average Bonchev–Trinajstić information content (AvgIpc) is 2.34. The van der Waals surface area contributed by atoms with Gasteiger partial charge in [0, 0.05) is 18.3 Å². The first kappa shape index (κ1) is 14.6. The van der Waals surface area contributed by atoms with Gasteiger partial charge in [0.2, 0.25) is 5.91 Å². The lowest BCUT2D eigenvalue weighted by Gasteiger charge is -2.32. The molecule has 0 saturated carbocycles. The Hall–Kier alpha value is -1.44. The number of carboxylic acids is 1. The minimum Gasteiger partial charge on any atom is -0.480 e. The van der Waals surface area contributed by atoms with Crippen LogP contribution in [0.25, 0.3) is 0 Å². The second kappa shape index (κ2) is 6.48. The fourth-order valence-electron chi connectivity index (χ4n) is 1.49. The number of hydrogen-bond acceptors (Lipinski definition) is 4. The summed E-state index contributed by atoms with van der Waals surface area (Å²) in [6.07, 6.45) is 1.92. The zero-order valence-corrected chi connectivity index (χ0v) is 11.1. The van der Waals surface area contributed by atoms with E-state index in [-0.39, 0.29) is 24.2 Å². The third-order valence-corrected chi connectivity index (χ3v) is 3.64. The Kier molecular flexibility index (Phi) is 5.26. The number of piperazine rings is 1. The molecule has 0 aromatic heterocycles. The molecule has 8 heteroatoms. The maximum atomic E-state index is 11.8. The monoisotopic (exact) mass is 275 g/mol. The van der Waals surface area contributed by atoms with E-state index in [0.717, 1.165) is 4.90 Å². The Morgan fingerprint density at radius 3 is 2.89 bits per heavy atom. The number of urea groups is 1. The molecule has 3 N–H and O–H groups in total. The second-order valence-electron chi connectivity index (χ2n) is 4.02. The second-order valence-corrected chi connectivity index (χ2v) is 5.29. The quantitative estimate of drug-likeness (QED) is 0.632. The van der Waals surface area contributed by atoms with Crippen LogP contribution in [0.1, 0.15) is 6.92 Å². The minimum atomic E-state index is -1.12. The number of aliphatic carboxylic acids is 1. The van der Waals surface area contributed by atoms with Crippen LogP contribution in [-0.4, -0.2) is 65.1 Å². The molecule has 1 aliphatic heterocycles. The van der Waals surface area contributed by atoms with E-state index in [9.17, 15) is 14.4 Å². The van der Waals surface area contributed by atoms with Crippen molar-refractivity contribution in [3.63, 3.8) is 0 Å². The lowest BCUT2D eigenvalue weighted by atomic mass is 10.2. The molecule has 1 rings (SSSR count). The van der Waals surface area contributed by atoms with Crippen LogP contribution in [0.4, 0.5) is 4.79 Å². The van der Waals surface area contributed by atoms with Crippen molar-refractivity contribution in [1.29, 1.82) is 0 Å². The molecule has 18 heavy (non-hydrogen) atoms. The number of nitrogens with zero attached hydrogens (tertiary/aromatic N) is 1. The summed E-state index contributed by atoms with van der Waals surface area (Å²) in [7, 11) is 0. The van der Waals surface area contributed by atoms with Crippen molar-refractivity contribution in [2.45, 2.75) is 18.2 Å². The number of rotatable bonds is 4. The number of nitrogens with one attached hydrogen (secondary N) is 2. The predicted octanol–water partition coefficient (Wildman–Crippen LogP) is -0.667. The van der Waals surface area contributed by atoms with Gasteiger partial charge in [-0.3, -0.25) is 9.69 Å². The first-order chi connectivity index (χ1) is 8.45. The summed E-state index contributed by atoms with van der Waals surface area (Å²) in [5, 5.41) is 14.3. The topological polar surface area (TPSA) is 98.7 Å². The molecule has 2 atom stereocenters. The Bertz CT molecular complexity index is 350. The molecule has 0 aromatic rings. The van der Waals surface area contributed by atoms with Crippen molar-refractivity contribution in [3.8, 4) is 0 Å². The lowest BCUT2D eigenvalue weighted by Crippen LogP contribution is -2.61. The van der Waals surface area contributed by atoms with Gasteiger partial charge in [-0.1, -0.05) is 6.92 Å². The van der Waals surface area contributed by atoms with Crippen LogP contribution in [0.15, 0.2) is 0 Å². The SMILES string of the molecule is CSC(C)CNC(=O)N1CC(=O)NCC1C(=O)O. The first-order valence-electron chi connectivity index (χ1n) is 5.52. The molecule has 1 saturated heterocycles. The number of thioether (sulfide) groups is 1. The molecule has 3 amide bonds. The first-order valence-corrected chi connectivity index (χ1v) is 6.81. The fraction of sp³-hybridized carbons (Fsp3) is 0.700. The average molecular weight is 275 g/mol. The molecular formula is C10H17N3O4S. The van der Waals surface area contributed by atoms with Gasteiger partial charge in [0.25, 0.3) is 0 Å². The summed E-state index contributed by atoms with van der Waals surface area (Å²) in [5.41, 5.74) is 0. The van der Waals surface area contributed by atoms with Crippen molar-refractivity contribution >= 4 is 29.7 Å². The summed E-state index contributed by atoms with van der Waals surface area (Å²) < 4.78 is 0. The highest BCUT2D eigenvalue weighted by atomic mass is 32.2. The number of carbonyl (C=O) groups is 3. The maximum absolute atomic E-state index is 11.8. The Morgan fingerprint density at radius 1 is 1.67 bits per heavy atom. The van der Waals surface area contributed by atoms with Crippen molar-refractivity contribution in [3.05, 3.63) is 0 Å². The van der Waals surface area contributed by atoms with Crippen LogP contribution in [0.3, 0.4) is 0 Å². The number of carboxylic acid groups (broad SMARTS) is 1. The molecular weight excluding hydrogens is 258 g/mol. The predicted molar refractivity (Wildman–Crippen MR) is 67.5 cm³/mol. The highest BCUT2D eigenvalue weighted by molar-refractivity contribution is 7.99. The van der Waals surface area contributed by atoms with E-state index in [2.05, 4.69) is 10.6 Å². The Labute approximate surface area is 109 Å². The molecule has 0 spiro atoms. The zero-order chi connectivity index (χ0) is 13.7. The Morgan fingerprint density at radius 2 is 2.33 bits per heavy atom. The molecule has 7 nitrogen and oxygen atoms in total. The van der Waals surface area contributed by atoms with Crippen LogP contribution in [-0.2, 0) is 9.59 Å².